The molecule has 5 rings (SSSR count). The third kappa shape index (κ3) is 6.59. The molecular weight excluding hydrogens is 580 g/mol. The van der Waals surface area contributed by atoms with Gasteiger partial charge in [0, 0.05) is 43.4 Å². The monoisotopic (exact) mass is 616 g/mol. The smallest absolute Gasteiger partial charge is 0.433 e. The Kier molecular flexibility index (Phi) is 9.17. The number of hydrogen-bond acceptors (Lipinski definition) is 6. The summed E-state index contributed by atoms with van der Waals surface area (Å²) in [6, 6.07) is 0. The number of ketones is 1. The largest absolute Gasteiger partial charge is 0.466 e. The first-order chi connectivity index (χ1) is 19.1. The van der Waals surface area contributed by atoms with Gasteiger partial charge in [-0.2, -0.15) is 18.3 Å². The molecule has 226 valence electrons. The molecule has 0 radical (unpaired) electrons. The summed E-state index contributed by atoms with van der Waals surface area (Å²) >= 11 is 12.4. The number of ether oxygens (including phenoxy) is 1. The van der Waals surface area contributed by atoms with Crippen molar-refractivity contribution in [3.8, 4) is 0 Å². The van der Waals surface area contributed by atoms with E-state index in [4.69, 9.17) is 27.9 Å². The summed E-state index contributed by atoms with van der Waals surface area (Å²) in [5, 5.41) is 7.69. The molecule has 0 aromatic carbocycles. The van der Waals surface area contributed by atoms with E-state index in [1.54, 1.807) is 6.92 Å². The highest BCUT2D eigenvalue weighted by molar-refractivity contribution is 6.39. The number of pyridine rings is 1. The Morgan fingerprint density at radius 1 is 1.05 bits per heavy atom. The number of nitrogens with zero attached hydrogens (tertiary/aromatic N) is 3. The van der Waals surface area contributed by atoms with E-state index in [2.05, 4.69) is 15.4 Å². The highest BCUT2D eigenvalue weighted by Gasteiger charge is 2.56. The third-order valence-electron chi connectivity index (χ3n) is 8.48. The average molecular weight is 618 g/mol. The Morgan fingerprint density at radius 2 is 1.63 bits per heavy atom. The van der Waals surface area contributed by atoms with Crippen LogP contribution in [0.3, 0.4) is 0 Å². The number of esters is 1. The molecule has 3 saturated carbocycles. The molecular formula is C29H37Cl2F3N4O3. The summed E-state index contributed by atoms with van der Waals surface area (Å²) in [6.45, 7) is 8.71. The maximum absolute atomic E-state index is 14.9. The fraction of sp³-hybridized carbons (Fsp3) is 0.655. The number of carbonyl (C=O) groups excluding carboxylic acids is 2. The molecule has 41 heavy (non-hydrogen) atoms. The number of rotatable bonds is 10. The highest BCUT2D eigenvalue weighted by atomic mass is 35.5. The van der Waals surface area contributed by atoms with E-state index in [1.165, 1.54) is 18.6 Å². The molecule has 3 aliphatic carbocycles. The zero-order chi connectivity index (χ0) is 30.2. The molecule has 0 amide bonds. The molecule has 0 saturated heterocycles. The lowest BCUT2D eigenvalue weighted by molar-refractivity contribution is -0.168. The van der Waals surface area contributed by atoms with Gasteiger partial charge in [-0.15, -0.1) is 0 Å². The summed E-state index contributed by atoms with van der Waals surface area (Å²) in [5.41, 5.74) is -2.47. The van der Waals surface area contributed by atoms with Crippen LogP contribution in [0, 0.1) is 10.8 Å². The number of alkyl halides is 3. The molecule has 0 spiro atoms. The number of Topliss-reactive ketones (excluding diaryl/α,β-unsaturated/α-hetero) is 1. The van der Waals surface area contributed by atoms with Crippen molar-refractivity contribution in [1.29, 1.82) is 0 Å². The minimum atomic E-state index is -4.72. The second kappa shape index (κ2) is 11.8. The van der Waals surface area contributed by atoms with Gasteiger partial charge in [-0.05, 0) is 50.9 Å². The predicted octanol–water partition coefficient (Wildman–Crippen LogP) is 7.21. The molecule has 2 aromatic rings. The normalized spacial score (nSPS) is 23.4. The van der Waals surface area contributed by atoms with Crippen LogP contribution in [0.5, 0.6) is 0 Å². The number of nitrogens with one attached hydrogen (secondary N) is 1. The van der Waals surface area contributed by atoms with Crippen molar-refractivity contribution in [2.24, 2.45) is 10.8 Å². The lowest BCUT2D eigenvalue weighted by Gasteiger charge is -2.52. The minimum Gasteiger partial charge on any atom is -0.466 e. The van der Waals surface area contributed by atoms with Crippen LogP contribution in [0.2, 0.25) is 10.0 Å². The minimum absolute atomic E-state index is 0.0403. The van der Waals surface area contributed by atoms with E-state index in [9.17, 15) is 22.8 Å². The maximum atomic E-state index is 14.9. The number of carbonyl (C=O) groups is 2. The van der Waals surface area contributed by atoms with Crippen molar-refractivity contribution in [3.05, 3.63) is 45.5 Å². The molecule has 12 heteroatoms. The number of halogens is 5. The summed E-state index contributed by atoms with van der Waals surface area (Å²) < 4.78 is 51.1. The van der Waals surface area contributed by atoms with Gasteiger partial charge in [-0.1, -0.05) is 44.0 Å². The Balaban J connectivity index is 1.70. The summed E-state index contributed by atoms with van der Waals surface area (Å²) in [5.74, 6) is -1.58. The van der Waals surface area contributed by atoms with E-state index in [1.807, 2.05) is 20.8 Å². The Labute approximate surface area is 248 Å². The van der Waals surface area contributed by atoms with Crippen molar-refractivity contribution in [2.75, 3.05) is 19.7 Å². The molecule has 3 fully saturated rings. The first kappa shape index (κ1) is 31.8. The number of hydrogen-bond donors (Lipinski definition) is 1. The molecule has 2 aromatic heterocycles. The molecule has 1 N–H and O–H groups in total. The van der Waals surface area contributed by atoms with Gasteiger partial charge in [0.2, 0.25) is 0 Å². The Bertz CT molecular complexity index is 1240. The van der Waals surface area contributed by atoms with E-state index in [0.29, 0.717) is 45.1 Å². The Morgan fingerprint density at radius 3 is 2.15 bits per heavy atom. The molecule has 1 unspecified atom stereocenters. The van der Waals surface area contributed by atoms with Gasteiger partial charge >= 0.3 is 12.1 Å². The zero-order valence-electron chi connectivity index (χ0n) is 23.8. The average Bonchev–Trinajstić information content (AvgIpc) is 3.35. The second-order valence-corrected chi connectivity index (χ2v) is 13.4. The zero-order valence-corrected chi connectivity index (χ0v) is 25.3. The number of aromatic nitrogens is 3. The highest BCUT2D eigenvalue weighted by Crippen LogP contribution is 2.57. The molecule has 1 atom stereocenters. The van der Waals surface area contributed by atoms with Gasteiger partial charge in [0.1, 0.15) is 5.69 Å². The molecule has 3 aliphatic rings. The van der Waals surface area contributed by atoms with Crippen LogP contribution in [-0.4, -0.2) is 46.2 Å². The summed E-state index contributed by atoms with van der Waals surface area (Å²) in [6.07, 6.45) is 1.39. The van der Waals surface area contributed by atoms with E-state index in [-0.39, 0.29) is 52.1 Å². The number of fused-ring (bicyclic) bond motifs is 3. The van der Waals surface area contributed by atoms with Gasteiger partial charge in [0.15, 0.2) is 5.78 Å². The molecule has 2 heterocycles. The fourth-order valence-electron chi connectivity index (χ4n) is 6.29. The van der Waals surface area contributed by atoms with Crippen LogP contribution in [0.1, 0.15) is 100 Å². The lowest BCUT2D eigenvalue weighted by Crippen LogP contribution is -2.52. The predicted molar refractivity (Wildman–Crippen MR) is 150 cm³/mol. The fourth-order valence-corrected chi connectivity index (χ4v) is 6.87. The van der Waals surface area contributed by atoms with Crippen molar-refractivity contribution < 1.29 is 27.5 Å². The van der Waals surface area contributed by atoms with E-state index >= 15 is 0 Å². The first-order valence-electron chi connectivity index (χ1n) is 14.0. The molecule has 7 nitrogen and oxygen atoms in total. The SMILES string of the molecule is CCOC(=O)C12CCC(n3ncc(C(CNCC(C)(C)C)CC(=O)c4c(Cl)cncc4Cl)c3C(F)(F)F)(CC1)CC2. The van der Waals surface area contributed by atoms with Gasteiger partial charge in [0.25, 0.3) is 0 Å². The standard InChI is InChI=1S/C29H37Cl2F3N4O3/c1-5-41-25(40)27-6-9-28(10-7-27,11-8-27)38-24(29(32,33)34)19(14-37-38)18(13-36-17-26(2,3)4)12-22(39)23-20(30)15-35-16-21(23)31/h14-16,18,36H,5-13,17H2,1-4H3. The Hall–Kier alpha value is -2.17. The summed E-state index contributed by atoms with van der Waals surface area (Å²) in [4.78, 5) is 30.0. The lowest BCUT2D eigenvalue weighted by atomic mass is 9.57. The van der Waals surface area contributed by atoms with Crippen molar-refractivity contribution >= 4 is 35.0 Å². The van der Waals surface area contributed by atoms with Crippen LogP contribution >= 0.6 is 23.2 Å². The van der Waals surface area contributed by atoms with E-state index < -0.39 is 34.5 Å². The van der Waals surface area contributed by atoms with Crippen LogP contribution in [-0.2, 0) is 21.2 Å². The van der Waals surface area contributed by atoms with Crippen LogP contribution < -0.4 is 5.32 Å². The van der Waals surface area contributed by atoms with E-state index in [0.717, 1.165) is 4.68 Å². The second-order valence-electron chi connectivity index (χ2n) is 12.6. The third-order valence-corrected chi connectivity index (χ3v) is 9.05. The molecule has 2 bridgehead atoms. The van der Waals surface area contributed by atoms with Crippen LogP contribution in [0.25, 0.3) is 0 Å². The van der Waals surface area contributed by atoms with Gasteiger partial charge in [-0.25, -0.2) is 0 Å². The quantitative estimate of drug-likeness (QED) is 0.224. The van der Waals surface area contributed by atoms with Crippen LogP contribution in [0.4, 0.5) is 13.2 Å². The topological polar surface area (TPSA) is 86.1 Å². The van der Waals surface area contributed by atoms with Gasteiger partial charge in [0.05, 0.1) is 39.4 Å². The van der Waals surface area contributed by atoms with Crippen molar-refractivity contribution in [3.63, 3.8) is 0 Å². The van der Waals surface area contributed by atoms with Crippen LogP contribution in [0.15, 0.2) is 18.6 Å². The first-order valence-corrected chi connectivity index (χ1v) is 14.7. The van der Waals surface area contributed by atoms with Crippen molar-refractivity contribution in [1.82, 2.24) is 20.1 Å². The van der Waals surface area contributed by atoms with Gasteiger partial charge < -0.3 is 10.1 Å². The summed E-state index contributed by atoms with van der Waals surface area (Å²) in [7, 11) is 0. The molecule has 0 aliphatic heterocycles. The maximum Gasteiger partial charge on any atom is 0.433 e. The van der Waals surface area contributed by atoms with Crippen molar-refractivity contribution in [2.45, 2.75) is 90.3 Å². The van der Waals surface area contributed by atoms with Gasteiger partial charge in [-0.3, -0.25) is 19.3 Å².